The number of aromatic nitrogens is 1. The second kappa shape index (κ2) is 8.31. The van der Waals surface area contributed by atoms with Gasteiger partial charge in [0.1, 0.15) is 26.2 Å². The number of para-hydroxylation sites is 1. The predicted molar refractivity (Wildman–Crippen MR) is 110 cm³/mol. The van der Waals surface area contributed by atoms with Gasteiger partial charge in [-0.15, -0.1) is 11.8 Å². The standard InChI is InChI=1S/C21H26N4OS/c1-17-9-11-25(18-6-2-3-7-19(18)27-17)21(26)16-23-12-14-24(15-13-23)20-8-4-5-10-22-20/h2-8,10,17H,9,11-16H2,1H3/p+2/t17-/m1/s1. The van der Waals surface area contributed by atoms with Crippen LogP contribution >= 0.6 is 11.8 Å². The molecule has 1 aromatic carbocycles. The number of rotatable bonds is 3. The Morgan fingerprint density at radius 1 is 1.15 bits per heavy atom. The largest absolute Gasteiger partial charge is 0.321 e. The minimum absolute atomic E-state index is 0.256. The van der Waals surface area contributed by atoms with Gasteiger partial charge >= 0.3 is 0 Å². The molecule has 0 spiro atoms. The number of anilines is 2. The third-order valence-corrected chi connectivity index (χ3v) is 6.69. The molecule has 142 valence electrons. The van der Waals surface area contributed by atoms with E-state index in [0.717, 1.165) is 50.6 Å². The van der Waals surface area contributed by atoms with Crippen molar-refractivity contribution in [3.63, 3.8) is 0 Å². The molecule has 6 heteroatoms. The summed E-state index contributed by atoms with van der Waals surface area (Å²) in [5.74, 6) is 1.42. The summed E-state index contributed by atoms with van der Waals surface area (Å²) in [6, 6.07) is 14.5. The molecule has 27 heavy (non-hydrogen) atoms. The number of fused-ring (bicyclic) bond motifs is 1. The van der Waals surface area contributed by atoms with Crippen LogP contribution in [0, 0.1) is 0 Å². The summed E-state index contributed by atoms with van der Waals surface area (Å²) in [4.78, 5) is 23.4. The molecular formula is C21H28N4OS+2. The molecule has 2 aliphatic heterocycles. The summed E-state index contributed by atoms with van der Waals surface area (Å²) in [5.41, 5.74) is 1.09. The zero-order valence-corrected chi connectivity index (χ0v) is 16.7. The molecule has 0 aliphatic carbocycles. The summed E-state index contributed by atoms with van der Waals surface area (Å²) in [7, 11) is 0. The number of nitrogens with zero attached hydrogens (tertiary/aromatic N) is 2. The van der Waals surface area contributed by atoms with Crippen LogP contribution in [0.25, 0.3) is 0 Å². The summed E-state index contributed by atoms with van der Waals surface area (Å²) < 4.78 is 0. The van der Waals surface area contributed by atoms with Crippen LogP contribution in [0.4, 0.5) is 11.5 Å². The zero-order valence-electron chi connectivity index (χ0n) is 15.9. The zero-order chi connectivity index (χ0) is 18.6. The van der Waals surface area contributed by atoms with Gasteiger partial charge < -0.3 is 9.80 Å². The maximum Gasteiger partial charge on any atom is 0.282 e. The maximum absolute atomic E-state index is 13.1. The van der Waals surface area contributed by atoms with Crippen LogP contribution in [-0.2, 0) is 4.79 Å². The van der Waals surface area contributed by atoms with E-state index in [1.54, 1.807) is 0 Å². The molecule has 2 N–H and O–H groups in total. The number of aromatic amines is 1. The van der Waals surface area contributed by atoms with Gasteiger partial charge in [0.2, 0.25) is 0 Å². The van der Waals surface area contributed by atoms with E-state index in [2.05, 4.69) is 47.1 Å². The summed E-state index contributed by atoms with van der Waals surface area (Å²) in [6.07, 6.45) is 3.01. The number of thioether (sulfide) groups is 1. The quantitative estimate of drug-likeness (QED) is 0.863. The van der Waals surface area contributed by atoms with Crippen molar-refractivity contribution in [3.8, 4) is 0 Å². The topological polar surface area (TPSA) is 42.1 Å². The van der Waals surface area contributed by atoms with Gasteiger partial charge in [-0.1, -0.05) is 25.1 Å². The fraction of sp³-hybridized carbons (Fsp3) is 0.429. The van der Waals surface area contributed by atoms with Crippen molar-refractivity contribution in [2.24, 2.45) is 0 Å². The molecule has 1 fully saturated rings. The lowest BCUT2D eigenvalue weighted by molar-refractivity contribution is -0.892. The molecule has 2 aliphatic rings. The van der Waals surface area contributed by atoms with Gasteiger partial charge in [-0.2, -0.15) is 0 Å². The monoisotopic (exact) mass is 384 g/mol. The Morgan fingerprint density at radius 2 is 1.93 bits per heavy atom. The van der Waals surface area contributed by atoms with Crippen molar-refractivity contribution in [2.45, 2.75) is 23.5 Å². The van der Waals surface area contributed by atoms with Crippen LogP contribution in [0.1, 0.15) is 13.3 Å². The van der Waals surface area contributed by atoms with Crippen LogP contribution in [-0.4, -0.2) is 50.4 Å². The number of nitrogens with one attached hydrogen (secondary N) is 2. The Labute approximate surface area is 165 Å². The lowest BCUT2D eigenvalue weighted by Crippen LogP contribution is -3.16. The van der Waals surface area contributed by atoms with E-state index in [1.165, 1.54) is 9.80 Å². The highest BCUT2D eigenvalue weighted by Crippen LogP contribution is 2.37. The number of hydrogen-bond acceptors (Lipinski definition) is 3. The van der Waals surface area contributed by atoms with Crippen molar-refractivity contribution in [1.82, 2.24) is 0 Å². The van der Waals surface area contributed by atoms with Crippen LogP contribution < -0.4 is 19.7 Å². The lowest BCUT2D eigenvalue weighted by atomic mass is 10.2. The SMILES string of the molecule is C[C@@H]1CCN(C(=O)C[NH+]2CCN(c3cccc[nH+]3)CC2)c2ccccc2S1. The average Bonchev–Trinajstić information content (AvgIpc) is 2.87. The molecule has 4 rings (SSSR count). The van der Waals surface area contributed by atoms with Gasteiger partial charge in [0, 0.05) is 22.8 Å². The van der Waals surface area contributed by atoms with E-state index < -0.39 is 0 Å². The van der Waals surface area contributed by atoms with E-state index in [0.29, 0.717) is 11.8 Å². The second-order valence-corrected chi connectivity index (χ2v) is 8.87. The molecule has 0 bridgehead atoms. The first-order chi connectivity index (χ1) is 13.2. The summed E-state index contributed by atoms with van der Waals surface area (Å²) in [5, 5.41) is 0.543. The highest BCUT2D eigenvalue weighted by molar-refractivity contribution is 8.00. The van der Waals surface area contributed by atoms with Crippen molar-refractivity contribution in [2.75, 3.05) is 49.1 Å². The van der Waals surface area contributed by atoms with E-state index in [9.17, 15) is 4.79 Å². The smallest absolute Gasteiger partial charge is 0.282 e. The Kier molecular flexibility index (Phi) is 5.64. The number of amides is 1. The van der Waals surface area contributed by atoms with Crippen molar-refractivity contribution in [1.29, 1.82) is 0 Å². The molecule has 1 amide bonds. The average molecular weight is 385 g/mol. The number of piperazine rings is 1. The number of benzene rings is 1. The molecule has 0 radical (unpaired) electrons. The van der Waals surface area contributed by atoms with Crippen LogP contribution in [0.15, 0.2) is 53.6 Å². The van der Waals surface area contributed by atoms with Crippen molar-refractivity contribution in [3.05, 3.63) is 48.7 Å². The molecular weight excluding hydrogens is 356 g/mol. The van der Waals surface area contributed by atoms with Gasteiger partial charge in [0.15, 0.2) is 6.54 Å². The first-order valence-electron chi connectivity index (χ1n) is 9.82. The van der Waals surface area contributed by atoms with Crippen LogP contribution in [0.2, 0.25) is 0 Å². The summed E-state index contributed by atoms with van der Waals surface area (Å²) >= 11 is 1.89. The molecule has 1 aromatic heterocycles. The molecule has 0 unspecified atom stereocenters. The minimum Gasteiger partial charge on any atom is -0.321 e. The summed E-state index contributed by atoms with van der Waals surface area (Å²) in [6.45, 7) is 7.60. The van der Waals surface area contributed by atoms with E-state index in [1.807, 2.05) is 35.0 Å². The van der Waals surface area contributed by atoms with Gasteiger partial charge in [-0.05, 0) is 24.6 Å². The molecule has 2 aromatic rings. The lowest BCUT2D eigenvalue weighted by Gasteiger charge is -2.30. The number of carbonyl (C=O) groups excluding carboxylic acids is 1. The van der Waals surface area contributed by atoms with Gasteiger partial charge in [-0.3, -0.25) is 9.69 Å². The molecule has 3 heterocycles. The fourth-order valence-corrected chi connectivity index (χ4v) is 4.99. The normalized spacial score (nSPS) is 20.9. The first-order valence-corrected chi connectivity index (χ1v) is 10.7. The highest BCUT2D eigenvalue weighted by Gasteiger charge is 2.30. The van der Waals surface area contributed by atoms with Gasteiger partial charge in [-0.25, -0.2) is 4.98 Å². The van der Waals surface area contributed by atoms with Crippen molar-refractivity contribution < 1.29 is 14.7 Å². The number of hydrogen-bond donors (Lipinski definition) is 1. The van der Waals surface area contributed by atoms with E-state index in [-0.39, 0.29) is 5.91 Å². The number of quaternary nitrogens is 1. The van der Waals surface area contributed by atoms with Crippen molar-refractivity contribution >= 4 is 29.2 Å². The Morgan fingerprint density at radius 3 is 2.70 bits per heavy atom. The number of H-pyrrole nitrogens is 1. The molecule has 1 saturated heterocycles. The predicted octanol–water partition coefficient (Wildman–Crippen LogP) is 1.12. The van der Waals surface area contributed by atoms with Crippen LogP contribution in [0.3, 0.4) is 0 Å². The Hall–Kier alpha value is -2.05. The minimum atomic E-state index is 0.256. The van der Waals surface area contributed by atoms with Gasteiger partial charge in [0.05, 0.1) is 11.9 Å². The Balaban J connectivity index is 1.39. The molecule has 1 atom stereocenters. The first kappa shape index (κ1) is 18.3. The third-order valence-electron chi connectivity index (χ3n) is 5.45. The van der Waals surface area contributed by atoms with Gasteiger partial charge in [0.25, 0.3) is 11.7 Å². The Bertz CT molecular complexity index is 777. The van der Waals surface area contributed by atoms with Crippen LogP contribution in [0.5, 0.6) is 0 Å². The number of carbonyl (C=O) groups is 1. The molecule has 5 nitrogen and oxygen atoms in total. The number of pyridine rings is 1. The molecule has 0 saturated carbocycles. The third kappa shape index (κ3) is 4.28. The van der Waals surface area contributed by atoms with E-state index >= 15 is 0 Å². The maximum atomic E-state index is 13.1. The highest BCUT2D eigenvalue weighted by atomic mass is 32.2. The van der Waals surface area contributed by atoms with E-state index in [4.69, 9.17) is 0 Å². The fourth-order valence-electron chi connectivity index (χ4n) is 3.88. The second-order valence-electron chi connectivity index (χ2n) is 7.39.